The van der Waals surface area contributed by atoms with E-state index in [0.717, 1.165) is 44.7 Å². The van der Waals surface area contributed by atoms with E-state index in [0.29, 0.717) is 17.7 Å². The predicted molar refractivity (Wildman–Crippen MR) is 110 cm³/mol. The molecule has 1 atom stereocenters. The van der Waals surface area contributed by atoms with E-state index in [-0.39, 0.29) is 17.6 Å². The van der Waals surface area contributed by atoms with Crippen LogP contribution < -0.4 is 0 Å². The number of likely N-dealkylation sites (tertiary alicyclic amines) is 1. The second-order valence-electron chi connectivity index (χ2n) is 7.83. The van der Waals surface area contributed by atoms with E-state index in [9.17, 15) is 9.59 Å². The molecule has 6 nitrogen and oxygen atoms in total. The maximum Gasteiger partial charge on any atom is 0.254 e. The van der Waals surface area contributed by atoms with Gasteiger partial charge in [0.15, 0.2) is 5.78 Å². The van der Waals surface area contributed by atoms with Crippen molar-refractivity contribution in [1.29, 1.82) is 0 Å². The van der Waals surface area contributed by atoms with Crippen molar-refractivity contribution in [1.82, 2.24) is 19.4 Å². The van der Waals surface area contributed by atoms with E-state index in [4.69, 9.17) is 0 Å². The molecule has 0 saturated carbocycles. The van der Waals surface area contributed by atoms with Gasteiger partial charge in [0.25, 0.3) is 5.91 Å². The molecule has 28 heavy (non-hydrogen) atoms. The van der Waals surface area contributed by atoms with Gasteiger partial charge in [-0.05, 0) is 52.9 Å². The molecule has 0 unspecified atom stereocenters. The van der Waals surface area contributed by atoms with Gasteiger partial charge in [-0.1, -0.05) is 18.2 Å². The highest BCUT2D eigenvalue weighted by Crippen LogP contribution is 2.27. The smallest absolute Gasteiger partial charge is 0.254 e. The minimum Gasteiger partial charge on any atom is -0.338 e. The molecule has 0 aliphatic carbocycles. The molecule has 1 aliphatic rings. The Labute approximate surface area is 167 Å². The van der Waals surface area contributed by atoms with Crippen molar-refractivity contribution in [3.63, 3.8) is 0 Å². The number of benzene rings is 1. The number of amides is 1. The van der Waals surface area contributed by atoms with Crippen molar-refractivity contribution in [2.75, 3.05) is 33.7 Å². The van der Waals surface area contributed by atoms with Gasteiger partial charge in [-0.3, -0.25) is 9.59 Å². The Morgan fingerprint density at radius 2 is 1.96 bits per heavy atom. The first-order chi connectivity index (χ1) is 13.5. The molecule has 3 rings (SSSR count). The average molecular weight is 383 g/mol. The van der Waals surface area contributed by atoms with Gasteiger partial charge in [-0.15, -0.1) is 0 Å². The van der Waals surface area contributed by atoms with Crippen molar-refractivity contribution < 1.29 is 9.59 Å². The number of piperidine rings is 1. The highest BCUT2D eigenvalue weighted by molar-refractivity contribution is 6.07. The molecule has 0 spiro atoms. The largest absolute Gasteiger partial charge is 0.338 e. The summed E-state index contributed by atoms with van der Waals surface area (Å²) in [4.78, 5) is 33.7. The van der Waals surface area contributed by atoms with Gasteiger partial charge in [0, 0.05) is 43.5 Å². The number of nitrogens with zero attached hydrogens (tertiary/aromatic N) is 4. The molecule has 150 valence electrons. The molecular formula is C22H30N4O2. The Kier molecular flexibility index (Phi) is 6.62. The number of Topliss-reactive ketones (excluding diaryl/α,β-unsaturated/α-hetero) is 1. The molecular weight excluding hydrogens is 352 g/mol. The van der Waals surface area contributed by atoms with E-state index in [1.165, 1.54) is 6.92 Å². The Morgan fingerprint density at radius 1 is 1.21 bits per heavy atom. The summed E-state index contributed by atoms with van der Waals surface area (Å²) in [5.74, 6) is 1.17. The zero-order valence-corrected chi connectivity index (χ0v) is 17.1. The number of imidazole rings is 1. The van der Waals surface area contributed by atoms with Crippen LogP contribution in [0, 0.1) is 0 Å². The molecule has 0 N–H and O–H groups in total. The fourth-order valence-corrected chi connectivity index (χ4v) is 3.95. The second-order valence-corrected chi connectivity index (χ2v) is 7.83. The zero-order valence-electron chi connectivity index (χ0n) is 17.1. The van der Waals surface area contributed by atoms with E-state index >= 15 is 0 Å². The molecule has 0 radical (unpaired) electrons. The van der Waals surface area contributed by atoms with E-state index in [1.54, 1.807) is 18.2 Å². The number of hydrogen-bond donors (Lipinski definition) is 0. The lowest BCUT2D eigenvalue weighted by atomic mass is 9.95. The third kappa shape index (κ3) is 4.68. The first-order valence-corrected chi connectivity index (χ1v) is 10.0. The first kappa shape index (κ1) is 20.3. The number of aromatic nitrogens is 2. The van der Waals surface area contributed by atoms with Crippen LogP contribution in [0.1, 0.15) is 58.6 Å². The Hall–Kier alpha value is -2.47. The Balaban J connectivity index is 1.72. The number of ketones is 1. The third-order valence-corrected chi connectivity index (χ3v) is 5.36. The molecule has 2 aromatic rings. The molecule has 6 heteroatoms. The summed E-state index contributed by atoms with van der Waals surface area (Å²) >= 11 is 0. The highest BCUT2D eigenvalue weighted by Gasteiger charge is 2.29. The van der Waals surface area contributed by atoms with Crippen molar-refractivity contribution in [3.8, 4) is 0 Å². The van der Waals surface area contributed by atoms with Gasteiger partial charge in [-0.25, -0.2) is 4.98 Å². The molecule has 1 saturated heterocycles. The van der Waals surface area contributed by atoms with E-state index < -0.39 is 0 Å². The number of carbonyl (C=O) groups is 2. The summed E-state index contributed by atoms with van der Waals surface area (Å²) in [6, 6.07) is 7.11. The van der Waals surface area contributed by atoms with E-state index in [1.807, 2.05) is 23.4 Å². The topological polar surface area (TPSA) is 58.4 Å². The van der Waals surface area contributed by atoms with Crippen LogP contribution in [0.25, 0.3) is 0 Å². The fourth-order valence-electron chi connectivity index (χ4n) is 3.95. The number of aryl methyl sites for hydroxylation is 1. The lowest BCUT2D eigenvalue weighted by Gasteiger charge is -2.33. The Morgan fingerprint density at radius 3 is 2.68 bits per heavy atom. The summed E-state index contributed by atoms with van der Waals surface area (Å²) < 4.78 is 2.23. The van der Waals surface area contributed by atoms with Gasteiger partial charge < -0.3 is 14.4 Å². The van der Waals surface area contributed by atoms with Gasteiger partial charge in [0.05, 0.1) is 5.56 Å². The van der Waals surface area contributed by atoms with Gasteiger partial charge in [0.1, 0.15) is 5.82 Å². The van der Waals surface area contributed by atoms with E-state index in [2.05, 4.69) is 28.5 Å². The lowest BCUT2D eigenvalue weighted by Crippen LogP contribution is -2.40. The summed E-state index contributed by atoms with van der Waals surface area (Å²) in [7, 11) is 4.16. The molecule has 1 aromatic heterocycles. The number of hydrogen-bond acceptors (Lipinski definition) is 4. The molecule has 1 aromatic carbocycles. The lowest BCUT2D eigenvalue weighted by molar-refractivity contribution is 0.0699. The van der Waals surface area contributed by atoms with Crippen LogP contribution in [-0.4, -0.2) is 64.8 Å². The van der Waals surface area contributed by atoms with Crippen LogP contribution in [0.4, 0.5) is 0 Å². The van der Waals surface area contributed by atoms with Crippen molar-refractivity contribution >= 4 is 11.7 Å². The van der Waals surface area contributed by atoms with Crippen molar-refractivity contribution in [2.24, 2.45) is 0 Å². The fraction of sp³-hybridized carbons (Fsp3) is 0.500. The summed E-state index contributed by atoms with van der Waals surface area (Å²) in [5, 5.41) is 0. The number of carbonyl (C=O) groups excluding carboxylic acids is 2. The molecule has 1 aliphatic heterocycles. The second kappa shape index (κ2) is 9.15. The van der Waals surface area contributed by atoms with Crippen LogP contribution in [0.5, 0.6) is 0 Å². The average Bonchev–Trinajstić information content (AvgIpc) is 3.15. The zero-order chi connectivity index (χ0) is 20.1. The van der Waals surface area contributed by atoms with Crippen LogP contribution in [0.15, 0.2) is 36.7 Å². The summed E-state index contributed by atoms with van der Waals surface area (Å²) in [6.45, 7) is 4.86. The SMILES string of the molecule is CC(=O)c1ccccc1C(=O)N1CCC[C@@H](c2nccn2CCCN(C)C)C1. The van der Waals surface area contributed by atoms with Gasteiger partial charge in [0.2, 0.25) is 0 Å². The summed E-state index contributed by atoms with van der Waals surface area (Å²) in [5.41, 5.74) is 1.00. The molecule has 1 fully saturated rings. The minimum atomic E-state index is -0.0751. The Bertz CT molecular complexity index is 827. The summed E-state index contributed by atoms with van der Waals surface area (Å²) in [6.07, 6.45) is 6.94. The normalized spacial score (nSPS) is 17.1. The number of rotatable bonds is 7. The maximum atomic E-state index is 13.1. The van der Waals surface area contributed by atoms with Crippen LogP contribution in [0.2, 0.25) is 0 Å². The highest BCUT2D eigenvalue weighted by atomic mass is 16.2. The monoisotopic (exact) mass is 382 g/mol. The molecule has 2 heterocycles. The minimum absolute atomic E-state index is 0.0544. The van der Waals surface area contributed by atoms with Gasteiger partial charge in [-0.2, -0.15) is 0 Å². The quantitative estimate of drug-likeness (QED) is 0.691. The molecule has 0 bridgehead atoms. The van der Waals surface area contributed by atoms with Crippen LogP contribution in [0.3, 0.4) is 0 Å². The van der Waals surface area contributed by atoms with Crippen LogP contribution in [-0.2, 0) is 6.54 Å². The van der Waals surface area contributed by atoms with Gasteiger partial charge >= 0.3 is 0 Å². The van der Waals surface area contributed by atoms with Crippen molar-refractivity contribution in [2.45, 2.75) is 38.6 Å². The van der Waals surface area contributed by atoms with Crippen molar-refractivity contribution in [3.05, 3.63) is 53.6 Å². The third-order valence-electron chi connectivity index (χ3n) is 5.36. The maximum absolute atomic E-state index is 13.1. The van der Waals surface area contributed by atoms with Crippen LogP contribution >= 0.6 is 0 Å². The standard InChI is InChI=1S/C22H30N4O2/c1-17(27)19-9-4-5-10-20(19)22(28)26-13-6-8-18(16-26)21-23-11-15-25(21)14-7-12-24(2)3/h4-5,9-11,15,18H,6-8,12-14,16H2,1-3H3/t18-/m1/s1. The first-order valence-electron chi connectivity index (χ1n) is 10.0. The molecule has 1 amide bonds. The predicted octanol–water partition coefficient (Wildman–Crippen LogP) is 3.06.